The van der Waals surface area contributed by atoms with E-state index in [2.05, 4.69) is 47.4 Å². The Bertz CT molecular complexity index is 536. The summed E-state index contributed by atoms with van der Waals surface area (Å²) in [6.07, 6.45) is 3.79. The van der Waals surface area contributed by atoms with E-state index in [-0.39, 0.29) is 0 Å². The van der Waals surface area contributed by atoms with Gasteiger partial charge in [-0.05, 0) is 43.0 Å². The molecule has 0 saturated carbocycles. The van der Waals surface area contributed by atoms with Gasteiger partial charge in [0, 0.05) is 17.9 Å². The van der Waals surface area contributed by atoms with Crippen molar-refractivity contribution in [3.8, 4) is 0 Å². The normalized spacial score (nSPS) is 19.4. The molecule has 0 aromatic heterocycles. The van der Waals surface area contributed by atoms with E-state index >= 15 is 0 Å². The summed E-state index contributed by atoms with van der Waals surface area (Å²) in [6, 6.07) is 19.5. The highest BCUT2D eigenvalue weighted by atomic mass is 15.2. The number of nitrogen functional groups attached to an aromatic ring is 1. The summed E-state index contributed by atoms with van der Waals surface area (Å²) in [4.78, 5) is 2.50. The summed E-state index contributed by atoms with van der Waals surface area (Å²) in [7, 11) is 0. The van der Waals surface area contributed by atoms with Crippen LogP contribution in [0.25, 0.3) is 0 Å². The molecule has 1 aliphatic heterocycles. The van der Waals surface area contributed by atoms with Crippen LogP contribution in [0.3, 0.4) is 0 Å². The molecule has 1 aliphatic rings. The molecule has 2 N–H and O–H groups in total. The highest BCUT2D eigenvalue weighted by molar-refractivity contribution is 5.57. The Labute approximate surface area is 114 Å². The van der Waals surface area contributed by atoms with E-state index in [9.17, 15) is 0 Å². The SMILES string of the molecule is Nc1cccc(N2CCCCC2c2ccccc2)c1. The van der Waals surface area contributed by atoms with Crippen molar-refractivity contribution in [2.24, 2.45) is 0 Å². The maximum Gasteiger partial charge on any atom is 0.0542 e. The van der Waals surface area contributed by atoms with Crippen LogP contribution in [0.1, 0.15) is 30.9 Å². The second-order valence-electron chi connectivity index (χ2n) is 5.21. The van der Waals surface area contributed by atoms with Crippen molar-refractivity contribution >= 4 is 11.4 Å². The lowest BCUT2D eigenvalue weighted by Gasteiger charge is -2.38. The monoisotopic (exact) mass is 252 g/mol. The predicted octanol–water partition coefficient (Wildman–Crippen LogP) is 4.00. The minimum atomic E-state index is 0.483. The predicted molar refractivity (Wildman–Crippen MR) is 81.2 cm³/mol. The molecular formula is C17H20N2. The van der Waals surface area contributed by atoms with Crippen molar-refractivity contribution in [2.75, 3.05) is 17.2 Å². The first-order valence-corrected chi connectivity index (χ1v) is 7.02. The number of piperidine rings is 1. The molecule has 1 heterocycles. The molecule has 1 fully saturated rings. The third-order valence-corrected chi connectivity index (χ3v) is 3.89. The second-order valence-corrected chi connectivity index (χ2v) is 5.21. The Morgan fingerprint density at radius 2 is 1.79 bits per heavy atom. The quantitative estimate of drug-likeness (QED) is 0.818. The standard InChI is InChI=1S/C17H20N2/c18-15-9-6-10-16(13-15)19-12-5-4-11-17(19)14-7-2-1-3-8-14/h1-3,6-10,13,17H,4-5,11-12,18H2. The van der Waals surface area contributed by atoms with Gasteiger partial charge in [-0.15, -0.1) is 0 Å². The van der Waals surface area contributed by atoms with Crippen molar-refractivity contribution in [1.29, 1.82) is 0 Å². The van der Waals surface area contributed by atoms with Gasteiger partial charge in [-0.1, -0.05) is 36.4 Å². The van der Waals surface area contributed by atoms with Crippen molar-refractivity contribution < 1.29 is 0 Å². The fourth-order valence-electron chi connectivity index (χ4n) is 2.97. The summed E-state index contributed by atoms with van der Waals surface area (Å²) in [5, 5.41) is 0. The van der Waals surface area contributed by atoms with Crippen LogP contribution >= 0.6 is 0 Å². The van der Waals surface area contributed by atoms with Gasteiger partial charge in [0.1, 0.15) is 0 Å². The van der Waals surface area contributed by atoms with Gasteiger partial charge in [0.25, 0.3) is 0 Å². The molecule has 1 unspecified atom stereocenters. The van der Waals surface area contributed by atoms with E-state index in [4.69, 9.17) is 5.73 Å². The molecule has 0 spiro atoms. The van der Waals surface area contributed by atoms with E-state index in [0.717, 1.165) is 12.2 Å². The molecule has 19 heavy (non-hydrogen) atoms. The first-order valence-electron chi connectivity index (χ1n) is 7.02. The molecule has 2 aromatic carbocycles. The molecule has 1 saturated heterocycles. The van der Waals surface area contributed by atoms with Gasteiger partial charge in [0.05, 0.1) is 6.04 Å². The Balaban J connectivity index is 1.93. The Kier molecular flexibility index (Phi) is 3.41. The number of hydrogen-bond donors (Lipinski definition) is 1. The first-order chi connectivity index (χ1) is 9.34. The van der Waals surface area contributed by atoms with Crippen LogP contribution < -0.4 is 10.6 Å². The average Bonchev–Trinajstić information content (AvgIpc) is 2.48. The number of hydrogen-bond acceptors (Lipinski definition) is 2. The zero-order chi connectivity index (χ0) is 13.1. The maximum absolute atomic E-state index is 5.92. The highest BCUT2D eigenvalue weighted by Crippen LogP contribution is 2.35. The number of nitrogens with zero attached hydrogens (tertiary/aromatic N) is 1. The van der Waals surface area contributed by atoms with Crippen molar-refractivity contribution in [3.05, 3.63) is 60.2 Å². The van der Waals surface area contributed by atoms with Crippen molar-refractivity contribution in [1.82, 2.24) is 0 Å². The summed E-state index contributed by atoms with van der Waals surface area (Å²) < 4.78 is 0. The van der Waals surface area contributed by atoms with E-state index in [0.29, 0.717) is 6.04 Å². The molecule has 0 radical (unpaired) electrons. The Morgan fingerprint density at radius 1 is 0.947 bits per heavy atom. The molecular weight excluding hydrogens is 232 g/mol. The smallest absolute Gasteiger partial charge is 0.0542 e. The number of nitrogens with two attached hydrogens (primary N) is 1. The van der Waals surface area contributed by atoms with Crippen LogP contribution in [-0.2, 0) is 0 Å². The molecule has 1 atom stereocenters. The van der Waals surface area contributed by atoms with Crippen LogP contribution in [0, 0.1) is 0 Å². The molecule has 98 valence electrons. The molecule has 2 heteroatoms. The molecule has 2 nitrogen and oxygen atoms in total. The third kappa shape index (κ3) is 2.58. The minimum Gasteiger partial charge on any atom is -0.399 e. The number of benzene rings is 2. The van der Waals surface area contributed by atoms with Crippen LogP contribution in [0.4, 0.5) is 11.4 Å². The summed E-state index contributed by atoms with van der Waals surface area (Å²) in [5.41, 5.74) is 9.42. The van der Waals surface area contributed by atoms with E-state index in [1.165, 1.54) is 30.5 Å². The molecule has 0 aliphatic carbocycles. The minimum absolute atomic E-state index is 0.483. The van der Waals surface area contributed by atoms with Crippen LogP contribution in [0.2, 0.25) is 0 Å². The van der Waals surface area contributed by atoms with Gasteiger partial charge in [-0.2, -0.15) is 0 Å². The van der Waals surface area contributed by atoms with Gasteiger partial charge < -0.3 is 10.6 Å². The fraction of sp³-hybridized carbons (Fsp3) is 0.294. The lowest BCUT2D eigenvalue weighted by molar-refractivity contribution is 0.473. The topological polar surface area (TPSA) is 29.3 Å². The zero-order valence-electron chi connectivity index (χ0n) is 11.1. The van der Waals surface area contributed by atoms with E-state index < -0.39 is 0 Å². The molecule has 2 aromatic rings. The number of rotatable bonds is 2. The summed E-state index contributed by atoms with van der Waals surface area (Å²) in [5.74, 6) is 0. The van der Waals surface area contributed by atoms with Gasteiger partial charge >= 0.3 is 0 Å². The molecule has 0 bridgehead atoms. The van der Waals surface area contributed by atoms with Gasteiger partial charge in [-0.3, -0.25) is 0 Å². The van der Waals surface area contributed by atoms with Gasteiger partial charge in [0.2, 0.25) is 0 Å². The second kappa shape index (κ2) is 5.35. The molecule has 3 rings (SSSR count). The fourth-order valence-corrected chi connectivity index (χ4v) is 2.97. The number of anilines is 2. The van der Waals surface area contributed by atoms with Crippen molar-refractivity contribution in [2.45, 2.75) is 25.3 Å². The highest BCUT2D eigenvalue weighted by Gasteiger charge is 2.23. The summed E-state index contributed by atoms with van der Waals surface area (Å²) in [6.45, 7) is 1.11. The van der Waals surface area contributed by atoms with E-state index in [1.54, 1.807) is 0 Å². The Hall–Kier alpha value is -1.96. The van der Waals surface area contributed by atoms with Crippen LogP contribution in [0.15, 0.2) is 54.6 Å². The van der Waals surface area contributed by atoms with Gasteiger partial charge in [0.15, 0.2) is 0 Å². The van der Waals surface area contributed by atoms with Crippen LogP contribution in [0.5, 0.6) is 0 Å². The Morgan fingerprint density at radius 3 is 2.58 bits per heavy atom. The van der Waals surface area contributed by atoms with Gasteiger partial charge in [-0.25, -0.2) is 0 Å². The lowest BCUT2D eigenvalue weighted by atomic mass is 9.94. The summed E-state index contributed by atoms with van der Waals surface area (Å²) >= 11 is 0. The zero-order valence-corrected chi connectivity index (χ0v) is 11.1. The molecule has 0 amide bonds. The maximum atomic E-state index is 5.92. The first kappa shape index (κ1) is 12.1. The average molecular weight is 252 g/mol. The van der Waals surface area contributed by atoms with Crippen molar-refractivity contribution in [3.63, 3.8) is 0 Å². The lowest BCUT2D eigenvalue weighted by Crippen LogP contribution is -2.33. The largest absolute Gasteiger partial charge is 0.399 e. The van der Waals surface area contributed by atoms with E-state index in [1.807, 2.05) is 12.1 Å². The van der Waals surface area contributed by atoms with Crippen LogP contribution in [-0.4, -0.2) is 6.54 Å². The third-order valence-electron chi connectivity index (χ3n) is 3.89.